The van der Waals surface area contributed by atoms with Gasteiger partial charge in [0.15, 0.2) is 6.10 Å². The van der Waals surface area contributed by atoms with Crippen molar-refractivity contribution in [3.8, 4) is 11.1 Å². The lowest BCUT2D eigenvalue weighted by molar-refractivity contribution is -0.206. The number of primary amides is 1. The van der Waals surface area contributed by atoms with Crippen molar-refractivity contribution >= 4 is 16.9 Å². The third-order valence-corrected chi connectivity index (χ3v) is 8.10. The van der Waals surface area contributed by atoms with Crippen LogP contribution < -0.4 is 5.73 Å². The number of aliphatic hydroxyl groups is 1. The van der Waals surface area contributed by atoms with E-state index >= 15 is 0 Å². The molecule has 8 heteroatoms. The molecule has 1 unspecified atom stereocenters. The highest BCUT2D eigenvalue weighted by atomic mass is 19.4. The number of aliphatic hydroxyl groups excluding tert-OH is 1. The molecule has 0 bridgehead atoms. The Morgan fingerprint density at radius 2 is 1.60 bits per heavy atom. The van der Waals surface area contributed by atoms with E-state index in [1.807, 2.05) is 31.2 Å². The predicted octanol–water partition coefficient (Wildman–Crippen LogP) is 8.03. The Kier molecular flexibility index (Phi) is 8.16. The molecular weight excluding hydrogens is 551 g/mol. The van der Waals surface area contributed by atoms with E-state index in [1.165, 1.54) is 17.7 Å². The van der Waals surface area contributed by atoms with Crippen molar-refractivity contribution in [2.45, 2.75) is 58.4 Å². The molecule has 0 radical (unpaired) electrons. The van der Waals surface area contributed by atoms with E-state index in [-0.39, 0.29) is 11.5 Å². The lowest BCUT2D eigenvalue weighted by Gasteiger charge is -2.19. The van der Waals surface area contributed by atoms with Crippen molar-refractivity contribution < 1.29 is 23.1 Å². The number of fused-ring (bicyclic) bond motifs is 1. The number of carbonyl (C=O) groups is 1. The molecule has 2 atom stereocenters. The van der Waals surface area contributed by atoms with Crippen LogP contribution in [0.3, 0.4) is 0 Å². The lowest BCUT2D eigenvalue weighted by Crippen LogP contribution is -2.20. The van der Waals surface area contributed by atoms with Gasteiger partial charge in [0.25, 0.3) is 0 Å². The SMILES string of the molecule is Cc1nc2c([C@@H](C)c3cccc(C(C)C)c3)c(C(N)=O)ccc2n1Cc1ccc(-c2ccccc2C(O)C(F)(F)F)cc1. The van der Waals surface area contributed by atoms with Crippen molar-refractivity contribution in [1.29, 1.82) is 0 Å². The van der Waals surface area contributed by atoms with Gasteiger partial charge in [0.1, 0.15) is 5.82 Å². The Bertz CT molecular complexity index is 1790. The second kappa shape index (κ2) is 11.7. The van der Waals surface area contributed by atoms with Gasteiger partial charge in [-0.2, -0.15) is 13.2 Å². The molecule has 1 amide bonds. The van der Waals surface area contributed by atoms with Crippen LogP contribution >= 0.6 is 0 Å². The van der Waals surface area contributed by atoms with Crippen LogP contribution in [0.4, 0.5) is 13.2 Å². The smallest absolute Gasteiger partial charge is 0.379 e. The second-order valence-electron chi connectivity index (χ2n) is 11.3. The third-order valence-electron chi connectivity index (χ3n) is 8.10. The number of hydrogen-bond acceptors (Lipinski definition) is 3. The van der Waals surface area contributed by atoms with E-state index in [0.29, 0.717) is 34.7 Å². The molecule has 222 valence electrons. The summed E-state index contributed by atoms with van der Waals surface area (Å²) in [6.45, 7) is 8.70. The zero-order chi connectivity index (χ0) is 31.1. The van der Waals surface area contributed by atoms with E-state index in [9.17, 15) is 23.1 Å². The summed E-state index contributed by atoms with van der Waals surface area (Å²) in [5.41, 5.74) is 12.5. The van der Waals surface area contributed by atoms with Crippen molar-refractivity contribution in [2.75, 3.05) is 0 Å². The number of halogens is 3. The molecule has 0 aliphatic heterocycles. The third kappa shape index (κ3) is 5.92. The number of nitrogens with two attached hydrogens (primary N) is 1. The Hall–Kier alpha value is -4.43. The van der Waals surface area contributed by atoms with E-state index in [2.05, 4.69) is 43.5 Å². The van der Waals surface area contributed by atoms with Gasteiger partial charge < -0.3 is 15.4 Å². The lowest BCUT2D eigenvalue weighted by atomic mass is 9.86. The van der Waals surface area contributed by atoms with Gasteiger partial charge in [-0.15, -0.1) is 0 Å². The number of alkyl halides is 3. The van der Waals surface area contributed by atoms with Crippen LogP contribution in [-0.2, 0) is 6.54 Å². The van der Waals surface area contributed by atoms with Gasteiger partial charge >= 0.3 is 6.18 Å². The monoisotopic (exact) mass is 585 g/mol. The summed E-state index contributed by atoms with van der Waals surface area (Å²) in [7, 11) is 0. The van der Waals surface area contributed by atoms with Crippen LogP contribution in [0.2, 0.25) is 0 Å². The molecule has 0 saturated carbocycles. The number of aromatic nitrogens is 2. The fourth-order valence-corrected chi connectivity index (χ4v) is 5.68. The van der Waals surface area contributed by atoms with Crippen LogP contribution in [0.1, 0.15) is 82.7 Å². The Balaban J connectivity index is 1.52. The minimum absolute atomic E-state index is 0.140. The molecule has 0 fully saturated rings. The van der Waals surface area contributed by atoms with Crippen molar-refractivity contribution in [1.82, 2.24) is 9.55 Å². The number of aryl methyl sites for hydroxylation is 1. The van der Waals surface area contributed by atoms with Crippen molar-refractivity contribution in [3.63, 3.8) is 0 Å². The second-order valence-corrected chi connectivity index (χ2v) is 11.3. The first kappa shape index (κ1) is 30.0. The first-order valence-electron chi connectivity index (χ1n) is 14.2. The molecule has 1 aromatic heterocycles. The van der Waals surface area contributed by atoms with E-state index in [1.54, 1.807) is 30.3 Å². The Labute approximate surface area is 248 Å². The van der Waals surface area contributed by atoms with Gasteiger partial charge in [-0.3, -0.25) is 4.79 Å². The number of hydrogen-bond donors (Lipinski definition) is 2. The molecule has 0 saturated heterocycles. The zero-order valence-electron chi connectivity index (χ0n) is 24.5. The molecule has 1 heterocycles. The maximum Gasteiger partial charge on any atom is 0.418 e. The summed E-state index contributed by atoms with van der Waals surface area (Å²) in [6, 6.07) is 25.2. The average molecular weight is 586 g/mol. The highest BCUT2D eigenvalue weighted by Gasteiger charge is 2.40. The number of nitrogens with zero attached hydrogens (tertiary/aromatic N) is 2. The molecule has 5 rings (SSSR count). The minimum Gasteiger partial charge on any atom is -0.379 e. The van der Waals surface area contributed by atoms with Gasteiger partial charge in [0.2, 0.25) is 5.91 Å². The van der Waals surface area contributed by atoms with Crippen LogP contribution in [0.25, 0.3) is 22.2 Å². The number of imidazole rings is 1. The average Bonchev–Trinajstić information content (AvgIpc) is 3.30. The van der Waals surface area contributed by atoms with Crippen molar-refractivity contribution in [2.24, 2.45) is 5.73 Å². The molecule has 0 spiro atoms. The summed E-state index contributed by atoms with van der Waals surface area (Å²) < 4.78 is 41.9. The number of amides is 1. The van der Waals surface area contributed by atoms with Gasteiger partial charge in [-0.25, -0.2) is 4.98 Å². The van der Waals surface area contributed by atoms with Gasteiger partial charge in [0.05, 0.1) is 11.0 Å². The van der Waals surface area contributed by atoms with Gasteiger partial charge in [0, 0.05) is 18.0 Å². The predicted molar refractivity (Wildman–Crippen MR) is 163 cm³/mol. The van der Waals surface area contributed by atoms with Crippen LogP contribution in [0.5, 0.6) is 0 Å². The molecular formula is C35H34F3N3O2. The number of carbonyl (C=O) groups excluding carboxylic acids is 1. The largest absolute Gasteiger partial charge is 0.418 e. The molecule has 43 heavy (non-hydrogen) atoms. The summed E-state index contributed by atoms with van der Waals surface area (Å²) in [5.74, 6) is 0.458. The molecule has 0 aliphatic carbocycles. The van der Waals surface area contributed by atoms with Crippen molar-refractivity contribution in [3.05, 3.63) is 124 Å². The number of benzene rings is 4. The van der Waals surface area contributed by atoms with Crippen LogP contribution in [0, 0.1) is 6.92 Å². The molecule has 4 aromatic carbocycles. The Morgan fingerprint density at radius 1 is 0.930 bits per heavy atom. The normalized spacial score (nSPS) is 13.4. The summed E-state index contributed by atoms with van der Waals surface area (Å²) in [5, 5.41) is 9.92. The highest BCUT2D eigenvalue weighted by molar-refractivity contribution is 6.00. The molecule has 5 nitrogen and oxygen atoms in total. The summed E-state index contributed by atoms with van der Waals surface area (Å²) in [6.07, 6.45) is -7.34. The highest BCUT2D eigenvalue weighted by Crippen LogP contribution is 2.38. The molecule has 3 N–H and O–H groups in total. The topological polar surface area (TPSA) is 81.1 Å². The summed E-state index contributed by atoms with van der Waals surface area (Å²) in [4.78, 5) is 17.4. The Morgan fingerprint density at radius 3 is 2.26 bits per heavy atom. The first-order chi connectivity index (χ1) is 20.4. The standard InChI is InChI=1S/C35H34F3N3O2/c1-20(2)25-8-7-9-26(18-25)21(3)31-29(34(39)43)16-17-30-32(31)40-22(4)41(30)19-23-12-14-24(15-13-23)27-10-5-6-11-28(27)33(42)35(36,37)38/h5-18,20-21,33,42H,19H2,1-4H3,(H2,39,43)/t21-,33?/m0/s1. The van der Waals surface area contributed by atoms with Crippen LogP contribution in [0.15, 0.2) is 84.9 Å². The maximum atomic E-state index is 13.3. The summed E-state index contributed by atoms with van der Waals surface area (Å²) >= 11 is 0. The quantitative estimate of drug-likeness (QED) is 0.193. The maximum absolute atomic E-state index is 13.3. The van der Waals surface area contributed by atoms with Crippen LogP contribution in [-0.4, -0.2) is 26.7 Å². The fourth-order valence-electron chi connectivity index (χ4n) is 5.68. The van der Waals surface area contributed by atoms with Gasteiger partial charge in [-0.05, 0) is 63.9 Å². The minimum atomic E-state index is -4.77. The first-order valence-corrected chi connectivity index (χ1v) is 14.2. The van der Waals surface area contributed by atoms with Gasteiger partial charge in [-0.1, -0.05) is 93.6 Å². The van der Waals surface area contributed by atoms with E-state index in [4.69, 9.17) is 10.7 Å². The fraction of sp³-hybridized carbons (Fsp3) is 0.257. The zero-order valence-corrected chi connectivity index (χ0v) is 24.5. The van der Waals surface area contributed by atoms with E-state index in [0.717, 1.165) is 28.0 Å². The van der Waals surface area contributed by atoms with E-state index < -0.39 is 18.2 Å². The molecule has 5 aromatic rings. The number of rotatable bonds is 8. The molecule has 0 aliphatic rings.